The van der Waals surface area contributed by atoms with Gasteiger partial charge in [0, 0.05) is 36.4 Å². The Morgan fingerprint density at radius 3 is 2.88 bits per heavy atom. The van der Waals surface area contributed by atoms with E-state index in [4.69, 9.17) is 0 Å². The Labute approximate surface area is 96.6 Å². The Morgan fingerprint density at radius 2 is 2.06 bits per heavy atom. The topological polar surface area (TPSA) is 15.3 Å². The maximum absolute atomic E-state index is 3.47. The zero-order chi connectivity index (χ0) is 10.6. The third-order valence-corrected chi connectivity index (χ3v) is 4.40. The summed E-state index contributed by atoms with van der Waals surface area (Å²) in [6, 6.07) is 6.95. The smallest absolute Gasteiger partial charge is 0.0374 e. The van der Waals surface area contributed by atoms with Crippen molar-refractivity contribution >= 4 is 11.4 Å². The van der Waals surface area contributed by atoms with Crippen LogP contribution in [0, 0.1) is 5.41 Å². The van der Waals surface area contributed by atoms with Gasteiger partial charge < -0.3 is 10.2 Å². The quantitative estimate of drug-likeness (QED) is 0.773. The van der Waals surface area contributed by atoms with Gasteiger partial charge in [0.05, 0.1) is 0 Å². The van der Waals surface area contributed by atoms with Crippen LogP contribution in [0.2, 0.25) is 0 Å². The second-order valence-corrected chi connectivity index (χ2v) is 5.73. The van der Waals surface area contributed by atoms with Crippen LogP contribution in [-0.2, 0) is 6.42 Å². The molecule has 2 nitrogen and oxygen atoms in total. The number of anilines is 2. The highest BCUT2D eigenvalue weighted by Gasteiger charge is 2.52. The average molecular weight is 214 g/mol. The Balaban J connectivity index is 1.59. The second kappa shape index (κ2) is 2.93. The lowest BCUT2D eigenvalue weighted by Gasteiger charge is -2.42. The first-order valence-corrected chi connectivity index (χ1v) is 6.47. The molecule has 1 aromatic rings. The maximum atomic E-state index is 3.47. The lowest BCUT2D eigenvalue weighted by molar-refractivity contribution is 0.387. The van der Waals surface area contributed by atoms with Crippen molar-refractivity contribution in [1.29, 1.82) is 0 Å². The second-order valence-electron chi connectivity index (χ2n) is 5.73. The molecule has 84 valence electrons. The van der Waals surface area contributed by atoms with Crippen molar-refractivity contribution in [2.24, 2.45) is 5.41 Å². The Hall–Kier alpha value is -1.18. The van der Waals surface area contributed by atoms with Crippen molar-refractivity contribution in [1.82, 2.24) is 0 Å². The minimum absolute atomic E-state index is 0.758. The van der Waals surface area contributed by atoms with Gasteiger partial charge in [-0.25, -0.2) is 0 Å². The summed E-state index contributed by atoms with van der Waals surface area (Å²) in [5, 5.41) is 3.47. The Kier molecular flexibility index (Phi) is 1.63. The van der Waals surface area contributed by atoms with E-state index >= 15 is 0 Å². The van der Waals surface area contributed by atoms with E-state index in [0.29, 0.717) is 0 Å². The van der Waals surface area contributed by atoms with Gasteiger partial charge in [0.2, 0.25) is 0 Å². The minimum atomic E-state index is 0.758. The summed E-state index contributed by atoms with van der Waals surface area (Å²) in [6.07, 6.45) is 5.46. The molecule has 1 saturated heterocycles. The van der Waals surface area contributed by atoms with E-state index in [1.807, 2.05) is 0 Å². The van der Waals surface area contributed by atoms with Crippen LogP contribution in [0.4, 0.5) is 11.4 Å². The zero-order valence-electron chi connectivity index (χ0n) is 9.63. The van der Waals surface area contributed by atoms with Crippen LogP contribution in [0.15, 0.2) is 18.2 Å². The minimum Gasteiger partial charge on any atom is -0.385 e. The summed E-state index contributed by atoms with van der Waals surface area (Å²) in [5.41, 5.74) is 5.07. The van der Waals surface area contributed by atoms with Crippen LogP contribution in [0.25, 0.3) is 0 Å². The van der Waals surface area contributed by atoms with Crippen LogP contribution in [0.3, 0.4) is 0 Å². The molecule has 1 saturated carbocycles. The third-order valence-electron chi connectivity index (χ3n) is 4.40. The number of hydrogen-bond acceptors (Lipinski definition) is 2. The summed E-state index contributed by atoms with van der Waals surface area (Å²) < 4.78 is 0. The number of hydrogen-bond donors (Lipinski definition) is 1. The van der Waals surface area contributed by atoms with Crippen molar-refractivity contribution in [3.05, 3.63) is 23.8 Å². The van der Waals surface area contributed by atoms with Gasteiger partial charge in [-0.15, -0.1) is 0 Å². The van der Waals surface area contributed by atoms with E-state index < -0.39 is 0 Å². The highest BCUT2D eigenvalue weighted by atomic mass is 15.2. The fraction of sp³-hybridized carbons (Fsp3) is 0.571. The molecular weight excluding hydrogens is 196 g/mol. The molecule has 0 bridgehead atoms. The maximum Gasteiger partial charge on any atom is 0.0374 e. The van der Waals surface area contributed by atoms with Gasteiger partial charge in [0.25, 0.3) is 0 Å². The first kappa shape index (κ1) is 8.91. The molecule has 0 atom stereocenters. The molecule has 1 aliphatic carbocycles. The number of rotatable bonds is 1. The van der Waals surface area contributed by atoms with Crippen molar-refractivity contribution in [2.75, 3.05) is 29.9 Å². The zero-order valence-corrected chi connectivity index (χ0v) is 9.63. The molecule has 0 radical (unpaired) electrons. The molecule has 16 heavy (non-hydrogen) atoms. The van der Waals surface area contributed by atoms with Gasteiger partial charge in [-0.2, -0.15) is 0 Å². The standard InChI is InChI=1S/C14H18N2/c1-2-11-8-12(3-4-13(11)15-7-1)16-9-14(10-16)5-6-14/h3-4,8,15H,1-2,5-7,9-10H2. The molecule has 2 heterocycles. The molecule has 0 amide bonds. The molecular formula is C14H18N2. The van der Waals surface area contributed by atoms with Gasteiger partial charge >= 0.3 is 0 Å². The summed E-state index contributed by atoms with van der Waals surface area (Å²) in [5.74, 6) is 0. The molecule has 2 fully saturated rings. The molecule has 2 aliphatic heterocycles. The van der Waals surface area contributed by atoms with Crippen LogP contribution >= 0.6 is 0 Å². The Bertz CT molecular complexity index is 426. The Morgan fingerprint density at radius 1 is 1.19 bits per heavy atom. The van der Waals surface area contributed by atoms with Crippen LogP contribution < -0.4 is 10.2 Å². The number of nitrogens with one attached hydrogen (secondary N) is 1. The van der Waals surface area contributed by atoms with Gasteiger partial charge in [0.1, 0.15) is 0 Å². The summed E-state index contributed by atoms with van der Waals surface area (Å²) in [4.78, 5) is 2.54. The van der Waals surface area contributed by atoms with Gasteiger partial charge in [-0.3, -0.25) is 0 Å². The predicted molar refractivity (Wildman–Crippen MR) is 67.1 cm³/mol. The SMILES string of the molecule is c1cc2c(cc1N1CC3(CC3)C1)CCCN2. The molecule has 0 aromatic heterocycles. The van der Waals surface area contributed by atoms with Crippen LogP contribution in [0.5, 0.6) is 0 Å². The number of aryl methyl sites for hydroxylation is 1. The van der Waals surface area contributed by atoms with E-state index in [-0.39, 0.29) is 0 Å². The predicted octanol–water partition coefficient (Wildman–Crippen LogP) is 2.64. The lowest BCUT2D eigenvalue weighted by Crippen LogP contribution is -2.48. The van der Waals surface area contributed by atoms with E-state index in [0.717, 1.165) is 12.0 Å². The molecule has 3 aliphatic rings. The average Bonchev–Trinajstić information content (AvgIpc) is 3.07. The van der Waals surface area contributed by atoms with Crippen molar-refractivity contribution < 1.29 is 0 Å². The molecule has 4 rings (SSSR count). The van der Waals surface area contributed by atoms with E-state index in [2.05, 4.69) is 28.4 Å². The lowest BCUT2D eigenvalue weighted by atomic mass is 9.94. The fourth-order valence-electron chi connectivity index (χ4n) is 3.10. The van der Waals surface area contributed by atoms with Crippen LogP contribution in [-0.4, -0.2) is 19.6 Å². The third kappa shape index (κ3) is 1.25. The van der Waals surface area contributed by atoms with Gasteiger partial charge in [-0.05, 0) is 49.4 Å². The molecule has 2 heteroatoms. The largest absolute Gasteiger partial charge is 0.385 e. The van der Waals surface area contributed by atoms with E-state index in [1.165, 1.54) is 55.7 Å². The van der Waals surface area contributed by atoms with Crippen molar-refractivity contribution in [3.8, 4) is 0 Å². The van der Waals surface area contributed by atoms with Gasteiger partial charge in [0.15, 0.2) is 0 Å². The first-order valence-electron chi connectivity index (χ1n) is 6.47. The highest BCUT2D eigenvalue weighted by Crippen LogP contribution is 2.54. The van der Waals surface area contributed by atoms with E-state index in [1.54, 1.807) is 0 Å². The molecule has 1 spiro atoms. The van der Waals surface area contributed by atoms with Crippen molar-refractivity contribution in [3.63, 3.8) is 0 Å². The summed E-state index contributed by atoms with van der Waals surface area (Å²) >= 11 is 0. The number of benzene rings is 1. The monoisotopic (exact) mass is 214 g/mol. The highest BCUT2D eigenvalue weighted by molar-refractivity contribution is 5.63. The molecule has 1 N–H and O–H groups in total. The fourth-order valence-corrected chi connectivity index (χ4v) is 3.10. The normalized spacial score (nSPS) is 24.6. The first-order chi connectivity index (χ1) is 7.85. The molecule has 1 aromatic carbocycles. The number of nitrogens with zero attached hydrogens (tertiary/aromatic N) is 1. The van der Waals surface area contributed by atoms with E-state index in [9.17, 15) is 0 Å². The van der Waals surface area contributed by atoms with Crippen molar-refractivity contribution in [2.45, 2.75) is 25.7 Å². The summed E-state index contributed by atoms with van der Waals surface area (Å²) in [6.45, 7) is 3.75. The van der Waals surface area contributed by atoms with Gasteiger partial charge in [-0.1, -0.05) is 0 Å². The van der Waals surface area contributed by atoms with Crippen LogP contribution in [0.1, 0.15) is 24.8 Å². The molecule has 0 unspecified atom stereocenters. The number of fused-ring (bicyclic) bond motifs is 1. The summed E-state index contributed by atoms with van der Waals surface area (Å²) in [7, 11) is 0.